The van der Waals surface area contributed by atoms with Gasteiger partial charge in [-0.05, 0) is 67.3 Å². The van der Waals surface area contributed by atoms with E-state index in [-0.39, 0.29) is 5.37 Å². The Balaban J connectivity index is 1.33. The Morgan fingerprint density at radius 3 is 2.29 bits per heavy atom. The topological polar surface area (TPSA) is 20.3 Å². The first kappa shape index (κ1) is 15.3. The van der Waals surface area contributed by atoms with Gasteiger partial charge >= 0.3 is 0 Å². The van der Waals surface area contributed by atoms with Crippen LogP contribution < -0.4 is 0 Å². The van der Waals surface area contributed by atoms with Crippen LogP contribution in [0.2, 0.25) is 0 Å². The molecule has 1 aromatic rings. The van der Waals surface area contributed by atoms with Crippen molar-refractivity contribution in [3.63, 3.8) is 0 Å². The van der Waals surface area contributed by atoms with Gasteiger partial charge in [0.15, 0.2) is 0 Å². The van der Waals surface area contributed by atoms with E-state index in [0.717, 1.165) is 36.5 Å². The fourth-order valence-electron chi connectivity index (χ4n) is 6.55. The summed E-state index contributed by atoms with van der Waals surface area (Å²) in [5.74, 6) is 4.30. The number of hydrogen-bond donors (Lipinski definition) is 0. The SMILES string of the molecule is O=C(CC12CC3CC(CC(C3)C1)C2)N1CCSC1c1ccccc1. The Labute approximate surface area is 149 Å². The lowest BCUT2D eigenvalue weighted by atomic mass is 9.49. The molecular weight excluding hydrogens is 314 g/mol. The number of nitrogens with zero attached hydrogens (tertiary/aromatic N) is 1. The minimum Gasteiger partial charge on any atom is -0.326 e. The Kier molecular flexibility index (Phi) is 3.69. The minimum absolute atomic E-state index is 0.243. The molecule has 2 nitrogen and oxygen atoms in total. The van der Waals surface area contributed by atoms with Crippen LogP contribution in [0.1, 0.15) is 55.9 Å². The summed E-state index contributed by atoms with van der Waals surface area (Å²) < 4.78 is 0. The lowest BCUT2D eigenvalue weighted by Gasteiger charge is -2.57. The van der Waals surface area contributed by atoms with Gasteiger partial charge in [-0.1, -0.05) is 30.3 Å². The lowest BCUT2D eigenvalue weighted by molar-refractivity contribution is -0.139. The third-order valence-corrected chi connectivity index (χ3v) is 8.25. The molecule has 1 amide bonds. The molecule has 1 saturated heterocycles. The maximum Gasteiger partial charge on any atom is 0.224 e. The number of benzene rings is 1. The fraction of sp³-hybridized carbons (Fsp3) is 0.667. The predicted molar refractivity (Wildman–Crippen MR) is 98.6 cm³/mol. The van der Waals surface area contributed by atoms with Crippen LogP contribution in [0.15, 0.2) is 30.3 Å². The fourth-order valence-corrected chi connectivity index (χ4v) is 7.83. The molecule has 1 heterocycles. The summed E-state index contributed by atoms with van der Waals surface area (Å²) in [4.78, 5) is 15.4. The van der Waals surface area contributed by atoms with E-state index in [1.165, 1.54) is 44.1 Å². The lowest BCUT2D eigenvalue weighted by Crippen LogP contribution is -2.48. The molecule has 0 aromatic heterocycles. The molecule has 4 saturated carbocycles. The van der Waals surface area contributed by atoms with Crippen molar-refractivity contribution in [1.82, 2.24) is 4.90 Å². The van der Waals surface area contributed by atoms with Crippen molar-refractivity contribution in [2.24, 2.45) is 23.2 Å². The number of hydrogen-bond acceptors (Lipinski definition) is 2. The number of rotatable bonds is 3. The number of amides is 1. The van der Waals surface area contributed by atoms with Crippen molar-refractivity contribution in [2.75, 3.05) is 12.3 Å². The highest BCUT2D eigenvalue weighted by Crippen LogP contribution is 2.61. The van der Waals surface area contributed by atoms with Gasteiger partial charge in [0.2, 0.25) is 5.91 Å². The van der Waals surface area contributed by atoms with E-state index < -0.39 is 0 Å². The third kappa shape index (κ3) is 2.60. The van der Waals surface area contributed by atoms with Crippen molar-refractivity contribution in [2.45, 2.75) is 50.3 Å². The van der Waals surface area contributed by atoms with Crippen LogP contribution in [0, 0.1) is 23.2 Å². The Morgan fingerprint density at radius 1 is 1.04 bits per heavy atom. The average Bonchev–Trinajstić information content (AvgIpc) is 3.03. The van der Waals surface area contributed by atoms with Crippen LogP contribution in [0.25, 0.3) is 0 Å². The molecule has 4 aliphatic carbocycles. The Hall–Kier alpha value is -0.960. The zero-order valence-electron chi connectivity index (χ0n) is 14.3. The Morgan fingerprint density at radius 2 is 1.67 bits per heavy atom. The summed E-state index contributed by atoms with van der Waals surface area (Å²) in [5.41, 5.74) is 1.65. The largest absolute Gasteiger partial charge is 0.326 e. The van der Waals surface area contributed by atoms with E-state index >= 15 is 0 Å². The molecule has 4 bridgehead atoms. The number of thioether (sulfide) groups is 1. The summed E-state index contributed by atoms with van der Waals surface area (Å²) in [6, 6.07) is 10.6. The second kappa shape index (κ2) is 5.79. The quantitative estimate of drug-likeness (QED) is 0.782. The molecule has 0 N–H and O–H groups in total. The average molecular weight is 342 g/mol. The van der Waals surface area contributed by atoms with Gasteiger partial charge in [-0.2, -0.15) is 0 Å². The normalized spacial score (nSPS) is 40.2. The highest BCUT2D eigenvalue weighted by Gasteiger charge is 2.52. The highest BCUT2D eigenvalue weighted by molar-refractivity contribution is 7.99. The van der Waals surface area contributed by atoms with Gasteiger partial charge in [0.05, 0.1) is 0 Å². The zero-order chi connectivity index (χ0) is 16.1. The predicted octanol–water partition coefficient (Wildman–Crippen LogP) is 4.87. The molecule has 5 fully saturated rings. The number of carbonyl (C=O) groups excluding carboxylic acids is 1. The van der Waals surface area contributed by atoms with Crippen molar-refractivity contribution in [3.05, 3.63) is 35.9 Å². The minimum atomic E-state index is 0.243. The van der Waals surface area contributed by atoms with Crippen LogP contribution in [0.5, 0.6) is 0 Å². The van der Waals surface area contributed by atoms with E-state index in [0.29, 0.717) is 11.3 Å². The van der Waals surface area contributed by atoms with Gasteiger partial charge in [0.25, 0.3) is 0 Å². The second-order valence-corrected chi connectivity index (χ2v) is 10.0. The molecule has 1 atom stereocenters. The van der Waals surface area contributed by atoms with Crippen LogP contribution in [-0.2, 0) is 4.79 Å². The summed E-state index contributed by atoms with van der Waals surface area (Å²) >= 11 is 1.93. The maximum absolute atomic E-state index is 13.2. The molecule has 1 unspecified atom stereocenters. The van der Waals surface area contributed by atoms with E-state index in [1.807, 2.05) is 11.8 Å². The first-order valence-electron chi connectivity index (χ1n) is 9.67. The van der Waals surface area contributed by atoms with E-state index in [9.17, 15) is 4.79 Å². The molecule has 0 spiro atoms. The highest BCUT2D eigenvalue weighted by atomic mass is 32.2. The molecule has 1 aromatic carbocycles. The van der Waals surface area contributed by atoms with Gasteiger partial charge in [-0.25, -0.2) is 0 Å². The summed E-state index contributed by atoms with van der Waals surface area (Å²) in [6.45, 7) is 0.926. The van der Waals surface area contributed by atoms with Gasteiger partial charge in [0, 0.05) is 18.7 Å². The first-order chi connectivity index (χ1) is 11.7. The van der Waals surface area contributed by atoms with E-state index in [1.54, 1.807) is 0 Å². The molecule has 0 radical (unpaired) electrons. The first-order valence-corrected chi connectivity index (χ1v) is 10.7. The standard InChI is InChI=1S/C21H27NOS/c23-19(22-6-7-24-20(22)18-4-2-1-3-5-18)14-21-11-15-8-16(12-21)10-17(9-15)13-21/h1-5,15-17,20H,6-14H2. The smallest absolute Gasteiger partial charge is 0.224 e. The molecule has 3 heteroatoms. The molecule has 1 aliphatic heterocycles. The number of carbonyl (C=O) groups is 1. The van der Waals surface area contributed by atoms with E-state index in [4.69, 9.17) is 0 Å². The van der Waals surface area contributed by atoms with Gasteiger partial charge < -0.3 is 4.90 Å². The summed E-state index contributed by atoms with van der Waals surface area (Å²) in [5, 5.41) is 0.243. The molecule has 6 rings (SSSR count). The third-order valence-electron chi connectivity index (χ3n) is 6.99. The Bertz CT molecular complexity index is 593. The van der Waals surface area contributed by atoms with Crippen molar-refractivity contribution in [1.29, 1.82) is 0 Å². The molecule has 5 aliphatic rings. The monoisotopic (exact) mass is 341 g/mol. The van der Waals surface area contributed by atoms with Crippen LogP contribution >= 0.6 is 11.8 Å². The van der Waals surface area contributed by atoms with Crippen LogP contribution in [0.3, 0.4) is 0 Å². The van der Waals surface area contributed by atoms with Crippen molar-refractivity contribution in [3.8, 4) is 0 Å². The van der Waals surface area contributed by atoms with Gasteiger partial charge in [-0.15, -0.1) is 11.8 Å². The zero-order valence-corrected chi connectivity index (χ0v) is 15.1. The van der Waals surface area contributed by atoms with Crippen molar-refractivity contribution >= 4 is 17.7 Å². The van der Waals surface area contributed by atoms with Crippen LogP contribution in [0.4, 0.5) is 0 Å². The van der Waals surface area contributed by atoms with Crippen molar-refractivity contribution < 1.29 is 4.79 Å². The summed E-state index contributed by atoms with van der Waals surface area (Å²) in [7, 11) is 0. The summed E-state index contributed by atoms with van der Waals surface area (Å²) in [6.07, 6.45) is 9.20. The van der Waals surface area contributed by atoms with E-state index in [2.05, 4.69) is 35.2 Å². The molecule has 128 valence electrons. The molecular formula is C21H27NOS. The maximum atomic E-state index is 13.2. The van der Waals surface area contributed by atoms with Crippen LogP contribution in [-0.4, -0.2) is 23.1 Å². The second-order valence-electron chi connectivity index (χ2n) is 8.82. The molecule has 24 heavy (non-hydrogen) atoms. The van der Waals surface area contributed by atoms with Gasteiger partial charge in [0.1, 0.15) is 5.37 Å². The van der Waals surface area contributed by atoms with Gasteiger partial charge in [-0.3, -0.25) is 4.79 Å².